The second kappa shape index (κ2) is 3.83. The van der Waals surface area contributed by atoms with Crippen LogP contribution in [0.4, 0.5) is 0 Å². The fourth-order valence-electron chi connectivity index (χ4n) is 3.23. The molecule has 0 spiro atoms. The zero-order valence-electron chi connectivity index (χ0n) is 10.2. The second-order valence-corrected chi connectivity index (χ2v) is 5.02. The molecule has 2 aliphatic rings. The summed E-state index contributed by atoms with van der Waals surface area (Å²) in [6.07, 6.45) is 1.60. The number of carbonyl (C=O) groups excluding carboxylic acids is 2. The summed E-state index contributed by atoms with van der Waals surface area (Å²) in [5.74, 6) is -0.208. The third-order valence-corrected chi connectivity index (χ3v) is 4.12. The minimum atomic E-state index is -0.605. The highest BCUT2D eigenvalue weighted by Crippen LogP contribution is 2.51. The van der Waals surface area contributed by atoms with E-state index in [-0.39, 0.29) is 17.9 Å². The first-order valence-corrected chi connectivity index (χ1v) is 6.13. The van der Waals surface area contributed by atoms with E-state index in [1.54, 1.807) is 0 Å². The van der Waals surface area contributed by atoms with Crippen LogP contribution in [0.5, 0.6) is 0 Å². The average Bonchev–Trinajstić information content (AvgIpc) is 2.73. The Bertz CT molecular complexity index is 526. The molecule has 3 rings (SSSR count). The van der Waals surface area contributed by atoms with Gasteiger partial charge in [0.2, 0.25) is 5.91 Å². The standard InChI is InChI=1S/C14H15NO3/c1-18-13(17)14-7-6-11(16)15-12(14)10-5-3-2-4-9(10)8-14/h2-5,12H,6-8H2,1H3,(H,15,16)/t12-,14-/m1/s1. The summed E-state index contributed by atoms with van der Waals surface area (Å²) in [5.41, 5.74) is 1.58. The molecule has 1 amide bonds. The molecule has 2 atom stereocenters. The zero-order valence-corrected chi connectivity index (χ0v) is 10.2. The SMILES string of the molecule is COC(=O)[C@@]12CCC(=O)N[C@@H]1c1ccccc1C2. The molecular formula is C14H15NO3. The molecule has 1 aliphatic heterocycles. The van der Waals surface area contributed by atoms with E-state index in [4.69, 9.17) is 4.74 Å². The molecule has 1 heterocycles. The van der Waals surface area contributed by atoms with Gasteiger partial charge < -0.3 is 10.1 Å². The van der Waals surface area contributed by atoms with E-state index in [1.807, 2.05) is 24.3 Å². The molecule has 1 aliphatic carbocycles. The van der Waals surface area contributed by atoms with E-state index in [0.29, 0.717) is 19.3 Å². The molecule has 0 aromatic heterocycles. The maximum absolute atomic E-state index is 12.2. The van der Waals surface area contributed by atoms with Crippen molar-refractivity contribution in [3.63, 3.8) is 0 Å². The highest BCUT2D eigenvalue weighted by Gasteiger charge is 2.55. The number of amides is 1. The molecule has 1 aromatic rings. The number of ether oxygens (including phenoxy) is 1. The van der Waals surface area contributed by atoms with Crippen molar-refractivity contribution in [1.82, 2.24) is 5.32 Å². The van der Waals surface area contributed by atoms with Crippen molar-refractivity contribution in [3.8, 4) is 0 Å². The summed E-state index contributed by atoms with van der Waals surface area (Å²) in [4.78, 5) is 23.8. The molecular weight excluding hydrogens is 230 g/mol. The lowest BCUT2D eigenvalue weighted by molar-refractivity contribution is -0.157. The minimum Gasteiger partial charge on any atom is -0.469 e. The number of carbonyl (C=O) groups is 2. The molecule has 0 saturated carbocycles. The Morgan fingerprint density at radius 2 is 2.22 bits per heavy atom. The van der Waals surface area contributed by atoms with Crippen LogP contribution in [0, 0.1) is 5.41 Å². The van der Waals surface area contributed by atoms with Crippen LogP contribution in [-0.2, 0) is 20.7 Å². The van der Waals surface area contributed by atoms with Crippen molar-refractivity contribution in [3.05, 3.63) is 35.4 Å². The third-order valence-electron chi connectivity index (χ3n) is 4.12. The number of methoxy groups -OCH3 is 1. The lowest BCUT2D eigenvalue weighted by atomic mass is 9.74. The van der Waals surface area contributed by atoms with E-state index in [2.05, 4.69) is 5.32 Å². The van der Waals surface area contributed by atoms with Crippen molar-refractivity contribution in [1.29, 1.82) is 0 Å². The van der Waals surface area contributed by atoms with Gasteiger partial charge in [0, 0.05) is 6.42 Å². The van der Waals surface area contributed by atoms with E-state index >= 15 is 0 Å². The summed E-state index contributed by atoms with van der Waals surface area (Å²) in [7, 11) is 1.41. The topological polar surface area (TPSA) is 55.4 Å². The first-order valence-electron chi connectivity index (χ1n) is 6.13. The van der Waals surface area contributed by atoms with Gasteiger partial charge >= 0.3 is 5.97 Å². The number of hydrogen-bond acceptors (Lipinski definition) is 3. The van der Waals surface area contributed by atoms with Gasteiger partial charge in [-0.05, 0) is 24.0 Å². The second-order valence-electron chi connectivity index (χ2n) is 5.02. The zero-order chi connectivity index (χ0) is 12.8. The molecule has 4 nitrogen and oxygen atoms in total. The van der Waals surface area contributed by atoms with Gasteiger partial charge in [0.1, 0.15) is 0 Å². The predicted octanol–water partition coefficient (Wildman–Crippen LogP) is 1.35. The van der Waals surface area contributed by atoms with Crippen molar-refractivity contribution < 1.29 is 14.3 Å². The van der Waals surface area contributed by atoms with Crippen LogP contribution in [0.25, 0.3) is 0 Å². The number of fused-ring (bicyclic) bond motifs is 3. The highest BCUT2D eigenvalue weighted by molar-refractivity contribution is 5.86. The molecule has 18 heavy (non-hydrogen) atoms. The molecule has 1 saturated heterocycles. The van der Waals surface area contributed by atoms with Gasteiger partial charge in [-0.3, -0.25) is 9.59 Å². The average molecular weight is 245 g/mol. The van der Waals surface area contributed by atoms with Crippen LogP contribution < -0.4 is 5.32 Å². The highest BCUT2D eigenvalue weighted by atomic mass is 16.5. The van der Waals surface area contributed by atoms with Gasteiger partial charge in [-0.1, -0.05) is 24.3 Å². The fraction of sp³-hybridized carbons (Fsp3) is 0.429. The molecule has 0 unspecified atom stereocenters. The summed E-state index contributed by atoms with van der Waals surface area (Å²) >= 11 is 0. The fourth-order valence-corrected chi connectivity index (χ4v) is 3.23. The number of benzene rings is 1. The van der Waals surface area contributed by atoms with E-state index in [9.17, 15) is 9.59 Å². The first-order chi connectivity index (χ1) is 8.67. The monoisotopic (exact) mass is 245 g/mol. The van der Waals surface area contributed by atoms with Gasteiger partial charge in [0.15, 0.2) is 0 Å². The van der Waals surface area contributed by atoms with Gasteiger partial charge in [-0.2, -0.15) is 0 Å². The Labute approximate surface area is 105 Å². The van der Waals surface area contributed by atoms with Crippen LogP contribution in [0.3, 0.4) is 0 Å². The Kier molecular flexibility index (Phi) is 2.40. The minimum absolute atomic E-state index is 0.0104. The number of rotatable bonds is 1. The maximum atomic E-state index is 12.2. The summed E-state index contributed by atoms with van der Waals surface area (Å²) < 4.78 is 4.97. The van der Waals surface area contributed by atoms with Crippen LogP contribution in [0.1, 0.15) is 30.0 Å². The van der Waals surface area contributed by atoms with Crippen LogP contribution >= 0.6 is 0 Å². The Morgan fingerprint density at radius 1 is 1.44 bits per heavy atom. The van der Waals surface area contributed by atoms with Gasteiger partial charge in [0.25, 0.3) is 0 Å². The number of esters is 1. The molecule has 0 bridgehead atoms. The summed E-state index contributed by atoms with van der Waals surface area (Å²) in [6, 6.07) is 7.67. The van der Waals surface area contributed by atoms with Crippen molar-refractivity contribution in [2.45, 2.75) is 25.3 Å². The molecule has 1 fully saturated rings. The quantitative estimate of drug-likeness (QED) is 0.760. The molecule has 4 heteroatoms. The molecule has 1 aromatic carbocycles. The summed E-state index contributed by atoms with van der Waals surface area (Å²) in [5, 5.41) is 2.95. The van der Waals surface area contributed by atoms with Crippen molar-refractivity contribution in [2.75, 3.05) is 7.11 Å². The van der Waals surface area contributed by atoms with E-state index in [0.717, 1.165) is 11.1 Å². The maximum Gasteiger partial charge on any atom is 0.314 e. The van der Waals surface area contributed by atoms with Gasteiger partial charge in [0.05, 0.1) is 18.6 Å². The number of nitrogens with one attached hydrogen (secondary N) is 1. The normalized spacial score (nSPS) is 29.2. The molecule has 1 N–H and O–H groups in total. The lowest BCUT2D eigenvalue weighted by Gasteiger charge is -2.37. The van der Waals surface area contributed by atoms with Gasteiger partial charge in [-0.15, -0.1) is 0 Å². The van der Waals surface area contributed by atoms with E-state index in [1.165, 1.54) is 7.11 Å². The predicted molar refractivity (Wildman–Crippen MR) is 64.7 cm³/mol. The smallest absolute Gasteiger partial charge is 0.314 e. The number of piperidine rings is 1. The van der Waals surface area contributed by atoms with Gasteiger partial charge in [-0.25, -0.2) is 0 Å². The number of hydrogen-bond donors (Lipinski definition) is 1. The van der Waals surface area contributed by atoms with Crippen LogP contribution in [-0.4, -0.2) is 19.0 Å². The summed E-state index contributed by atoms with van der Waals surface area (Å²) in [6.45, 7) is 0. The van der Waals surface area contributed by atoms with Crippen LogP contribution in [0.2, 0.25) is 0 Å². The Morgan fingerprint density at radius 3 is 3.00 bits per heavy atom. The van der Waals surface area contributed by atoms with Crippen molar-refractivity contribution >= 4 is 11.9 Å². The lowest BCUT2D eigenvalue weighted by Crippen LogP contribution is -2.49. The Hall–Kier alpha value is -1.84. The third kappa shape index (κ3) is 1.38. The van der Waals surface area contributed by atoms with Crippen molar-refractivity contribution in [2.24, 2.45) is 5.41 Å². The molecule has 94 valence electrons. The molecule has 0 radical (unpaired) electrons. The van der Waals surface area contributed by atoms with E-state index < -0.39 is 5.41 Å². The Balaban J connectivity index is 2.09. The van der Waals surface area contributed by atoms with Crippen LogP contribution in [0.15, 0.2) is 24.3 Å². The first kappa shape index (κ1) is 11.3. The largest absolute Gasteiger partial charge is 0.469 e.